The number of hydrogen-bond acceptors (Lipinski definition) is 4. The number of imide groups is 1. The van der Waals surface area contributed by atoms with Crippen LogP contribution in [-0.2, 0) is 26.3 Å². The fraction of sp³-hybridized carbons (Fsp3) is 0.207. The van der Waals surface area contributed by atoms with Gasteiger partial charge in [-0.3, -0.25) is 19.7 Å². The van der Waals surface area contributed by atoms with Crippen molar-refractivity contribution >= 4 is 40.0 Å². The Morgan fingerprint density at radius 1 is 0.917 bits per heavy atom. The molecule has 178 valence electrons. The highest BCUT2D eigenvalue weighted by molar-refractivity contribution is 6.25. The number of nitrogens with one attached hydrogen (secondary N) is 3. The van der Waals surface area contributed by atoms with Crippen LogP contribution >= 0.6 is 0 Å². The van der Waals surface area contributed by atoms with Crippen molar-refractivity contribution in [2.24, 2.45) is 11.8 Å². The molecule has 7 nitrogen and oxygen atoms in total. The molecule has 1 spiro atoms. The SMILES string of the molecule is Cc1ccc2c(c1)[C@]1(N[C@H](Cc3c[nH]c4ccccc34)[C@H]3C(=O)N(c4ccccc4)C(=O)[C@H]31)C(=O)N2. The number of carbonyl (C=O) groups is 3. The number of carbonyl (C=O) groups excluding carboxylic acids is 3. The molecule has 4 aromatic rings. The number of aryl methyl sites for hydroxylation is 1. The van der Waals surface area contributed by atoms with E-state index in [2.05, 4.69) is 15.6 Å². The number of hydrogen-bond donors (Lipinski definition) is 3. The molecule has 3 aliphatic rings. The van der Waals surface area contributed by atoms with Gasteiger partial charge in [-0.25, -0.2) is 4.90 Å². The topological polar surface area (TPSA) is 94.3 Å². The van der Waals surface area contributed by atoms with Crippen LogP contribution in [0.15, 0.2) is 79.0 Å². The van der Waals surface area contributed by atoms with Crippen molar-refractivity contribution in [1.82, 2.24) is 10.3 Å². The molecule has 0 saturated carbocycles. The van der Waals surface area contributed by atoms with Gasteiger partial charge in [-0.2, -0.15) is 0 Å². The predicted molar refractivity (Wildman–Crippen MR) is 136 cm³/mol. The van der Waals surface area contributed by atoms with Gasteiger partial charge in [0.25, 0.3) is 0 Å². The Hall–Kier alpha value is -4.23. The first-order chi connectivity index (χ1) is 17.5. The summed E-state index contributed by atoms with van der Waals surface area (Å²) < 4.78 is 0. The van der Waals surface area contributed by atoms with Crippen molar-refractivity contribution in [3.63, 3.8) is 0 Å². The Morgan fingerprint density at radius 2 is 1.69 bits per heavy atom. The summed E-state index contributed by atoms with van der Waals surface area (Å²) in [7, 11) is 0. The summed E-state index contributed by atoms with van der Waals surface area (Å²) in [6.45, 7) is 1.96. The molecule has 36 heavy (non-hydrogen) atoms. The van der Waals surface area contributed by atoms with Crippen LogP contribution in [0.2, 0.25) is 0 Å². The molecule has 0 unspecified atom stereocenters. The minimum Gasteiger partial charge on any atom is -0.361 e. The molecule has 3 aliphatic heterocycles. The van der Waals surface area contributed by atoms with Crippen LogP contribution in [0.3, 0.4) is 0 Å². The number of benzene rings is 3. The second-order valence-corrected chi connectivity index (χ2v) is 9.98. The van der Waals surface area contributed by atoms with Gasteiger partial charge in [-0.1, -0.05) is 54.1 Å². The molecule has 7 heteroatoms. The molecule has 3 amide bonds. The first kappa shape index (κ1) is 21.1. The Morgan fingerprint density at radius 3 is 2.53 bits per heavy atom. The van der Waals surface area contributed by atoms with Gasteiger partial charge in [-0.05, 0) is 43.2 Å². The van der Waals surface area contributed by atoms with Gasteiger partial charge < -0.3 is 10.3 Å². The van der Waals surface area contributed by atoms with Crippen LogP contribution in [0.5, 0.6) is 0 Å². The third kappa shape index (κ3) is 2.69. The zero-order valence-corrected chi connectivity index (χ0v) is 19.6. The Kier molecular flexibility index (Phi) is 4.32. The van der Waals surface area contributed by atoms with Crippen molar-refractivity contribution in [3.8, 4) is 0 Å². The van der Waals surface area contributed by atoms with E-state index in [1.807, 2.05) is 73.8 Å². The maximum absolute atomic E-state index is 14.0. The molecule has 2 saturated heterocycles. The molecule has 3 N–H and O–H groups in total. The molecule has 0 radical (unpaired) electrons. The van der Waals surface area contributed by atoms with Gasteiger partial charge in [0.15, 0.2) is 0 Å². The average molecular weight is 477 g/mol. The molecule has 3 aromatic carbocycles. The lowest BCUT2D eigenvalue weighted by molar-refractivity contribution is -0.130. The number of amides is 3. The number of anilines is 2. The number of rotatable bonds is 3. The highest BCUT2D eigenvalue weighted by Crippen LogP contribution is 2.54. The van der Waals surface area contributed by atoms with Gasteiger partial charge in [0.2, 0.25) is 17.7 Å². The molecule has 4 atom stereocenters. The predicted octanol–water partition coefficient (Wildman–Crippen LogP) is 3.64. The van der Waals surface area contributed by atoms with Crippen LogP contribution < -0.4 is 15.5 Å². The van der Waals surface area contributed by atoms with Crippen molar-refractivity contribution in [2.45, 2.75) is 24.9 Å². The summed E-state index contributed by atoms with van der Waals surface area (Å²) >= 11 is 0. The Labute approximate surface area is 207 Å². The van der Waals surface area contributed by atoms with Crippen molar-refractivity contribution in [2.75, 3.05) is 10.2 Å². The molecule has 4 heterocycles. The second-order valence-electron chi connectivity index (χ2n) is 9.98. The number of para-hydroxylation sites is 2. The third-order valence-corrected chi connectivity index (χ3v) is 8.00. The van der Waals surface area contributed by atoms with Crippen molar-refractivity contribution in [1.29, 1.82) is 0 Å². The van der Waals surface area contributed by atoms with E-state index >= 15 is 0 Å². The molecule has 1 aromatic heterocycles. The van der Waals surface area contributed by atoms with E-state index in [1.54, 1.807) is 12.1 Å². The monoisotopic (exact) mass is 476 g/mol. The van der Waals surface area contributed by atoms with Crippen LogP contribution in [0.1, 0.15) is 16.7 Å². The molecular weight excluding hydrogens is 452 g/mol. The highest BCUT2D eigenvalue weighted by atomic mass is 16.2. The fourth-order valence-electron chi connectivity index (χ4n) is 6.46. The molecule has 0 aliphatic carbocycles. The van der Waals surface area contributed by atoms with Gasteiger partial charge in [0.1, 0.15) is 5.54 Å². The van der Waals surface area contributed by atoms with E-state index in [0.29, 0.717) is 17.8 Å². The number of fused-ring (bicyclic) bond motifs is 5. The molecule has 7 rings (SSSR count). The maximum atomic E-state index is 14.0. The van der Waals surface area contributed by atoms with Gasteiger partial charge >= 0.3 is 0 Å². The van der Waals surface area contributed by atoms with E-state index in [1.165, 1.54) is 4.90 Å². The highest BCUT2D eigenvalue weighted by Gasteiger charge is 2.70. The number of aromatic amines is 1. The zero-order valence-electron chi connectivity index (χ0n) is 19.6. The van der Waals surface area contributed by atoms with E-state index in [9.17, 15) is 14.4 Å². The Bertz CT molecular complexity index is 1580. The minimum atomic E-state index is -1.31. The number of aromatic nitrogens is 1. The number of nitrogens with zero attached hydrogens (tertiary/aromatic N) is 1. The van der Waals surface area contributed by atoms with E-state index in [4.69, 9.17) is 0 Å². The average Bonchev–Trinajstić information content (AvgIpc) is 3.59. The van der Waals surface area contributed by atoms with Crippen molar-refractivity contribution in [3.05, 3.63) is 95.7 Å². The largest absolute Gasteiger partial charge is 0.361 e. The van der Waals surface area contributed by atoms with Gasteiger partial charge in [-0.15, -0.1) is 0 Å². The molecule has 0 bridgehead atoms. The summed E-state index contributed by atoms with van der Waals surface area (Å²) in [6, 6.07) is 22.4. The molecule has 2 fully saturated rings. The van der Waals surface area contributed by atoms with Crippen LogP contribution in [-0.4, -0.2) is 28.7 Å². The maximum Gasteiger partial charge on any atom is 0.250 e. The minimum absolute atomic E-state index is 0.265. The number of H-pyrrole nitrogens is 1. The van der Waals surface area contributed by atoms with E-state index < -0.39 is 23.4 Å². The van der Waals surface area contributed by atoms with Gasteiger partial charge in [0.05, 0.1) is 17.5 Å². The second kappa shape index (κ2) is 7.38. The lowest BCUT2D eigenvalue weighted by Gasteiger charge is -2.29. The summed E-state index contributed by atoms with van der Waals surface area (Å²) in [5.41, 5.74) is 3.68. The standard InChI is InChI=1S/C29H24N4O3/c1-16-11-12-22-20(13-16)29(28(36)31-22)25-24(26(34)33(27(25)35)18-7-3-2-4-8-18)23(32-29)14-17-15-30-21-10-6-5-9-19(17)21/h2-13,15,23-25,30,32H,14H2,1H3,(H,31,36)/t23-,24-,25+,29-/m1/s1. The van der Waals surface area contributed by atoms with Crippen LogP contribution in [0.25, 0.3) is 10.9 Å². The van der Waals surface area contributed by atoms with Crippen LogP contribution in [0.4, 0.5) is 11.4 Å². The van der Waals surface area contributed by atoms with Crippen molar-refractivity contribution < 1.29 is 14.4 Å². The summed E-state index contributed by atoms with van der Waals surface area (Å²) in [6.07, 6.45) is 2.46. The van der Waals surface area contributed by atoms with E-state index in [0.717, 1.165) is 27.6 Å². The zero-order chi connectivity index (χ0) is 24.6. The normalized spacial score (nSPS) is 26.6. The molecular formula is C29H24N4O3. The smallest absolute Gasteiger partial charge is 0.250 e. The van der Waals surface area contributed by atoms with Gasteiger partial charge in [0, 0.05) is 34.4 Å². The van der Waals surface area contributed by atoms with E-state index in [-0.39, 0.29) is 17.7 Å². The lowest BCUT2D eigenvalue weighted by atomic mass is 9.76. The summed E-state index contributed by atoms with van der Waals surface area (Å²) in [4.78, 5) is 46.3. The summed E-state index contributed by atoms with van der Waals surface area (Å²) in [5, 5.41) is 7.59. The first-order valence-electron chi connectivity index (χ1n) is 12.2. The quantitative estimate of drug-likeness (QED) is 0.394. The van der Waals surface area contributed by atoms with Crippen LogP contribution in [0, 0.1) is 18.8 Å². The Balaban J connectivity index is 1.39. The fourth-order valence-corrected chi connectivity index (χ4v) is 6.46. The summed E-state index contributed by atoms with van der Waals surface area (Å²) in [5.74, 6) is -2.41. The first-order valence-corrected chi connectivity index (χ1v) is 12.2. The third-order valence-electron chi connectivity index (χ3n) is 8.00. The lowest BCUT2D eigenvalue weighted by Crippen LogP contribution is -2.53.